The summed E-state index contributed by atoms with van der Waals surface area (Å²) in [6, 6.07) is 31.3. The van der Waals surface area contributed by atoms with Gasteiger partial charge in [-0.05, 0) is 31.2 Å². The van der Waals surface area contributed by atoms with E-state index in [-0.39, 0.29) is 22.0 Å². The van der Waals surface area contributed by atoms with Crippen LogP contribution in [0.15, 0.2) is 122 Å². The molecular weight excluding hydrogens is 436 g/mol. The Kier molecular flexibility index (Phi) is 4.93. The molecule has 2 aromatic heterocycles. The fraction of sp³-hybridized carbons (Fsp3) is 0.0323. The van der Waals surface area contributed by atoms with E-state index in [2.05, 4.69) is 0 Å². The normalized spacial score (nSPS) is 11.2. The molecule has 0 fully saturated rings. The number of hydrogen-bond acceptors (Lipinski definition) is 4. The highest BCUT2D eigenvalue weighted by molar-refractivity contribution is 5.96. The Balaban J connectivity index is 1.84. The predicted molar refractivity (Wildman–Crippen MR) is 140 cm³/mol. The van der Waals surface area contributed by atoms with Gasteiger partial charge in [0.05, 0.1) is 21.9 Å². The minimum Gasteiger partial charge on any atom is -0.455 e. The maximum Gasteiger partial charge on any atom is 0.201 e. The van der Waals surface area contributed by atoms with Crippen LogP contribution in [0.2, 0.25) is 0 Å². The van der Waals surface area contributed by atoms with Gasteiger partial charge in [-0.15, -0.1) is 0 Å². The number of hydrogen-bond donors (Lipinski definition) is 0. The van der Waals surface area contributed by atoms with Crippen LogP contribution in [0, 0.1) is 6.92 Å². The Morgan fingerprint density at radius 2 is 1.00 bits per heavy atom. The van der Waals surface area contributed by atoms with Crippen LogP contribution in [0.3, 0.4) is 0 Å². The van der Waals surface area contributed by atoms with Crippen molar-refractivity contribution in [3.8, 4) is 33.8 Å². The lowest BCUT2D eigenvalue weighted by atomic mass is 9.94. The van der Waals surface area contributed by atoms with Crippen LogP contribution in [0.5, 0.6) is 0 Å². The minimum atomic E-state index is -0.276. The van der Waals surface area contributed by atoms with Crippen LogP contribution in [0.25, 0.3) is 55.7 Å². The molecule has 0 amide bonds. The van der Waals surface area contributed by atoms with E-state index in [9.17, 15) is 9.59 Å². The van der Waals surface area contributed by atoms with Crippen molar-refractivity contribution < 1.29 is 8.83 Å². The summed E-state index contributed by atoms with van der Waals surface area (Å²) in [5, 5.41) is 0.830. The van der Waals surface area contributed by atoms with Crippen molar-refractivity contribution in [1.29, 1.82) is 0 Å². The molecule has 0 aliphatic rings. The van der Waals surface area contributed by atoms with Gasteiger partial charge in [-0.2, -0.15) is 0 Å². The molecule has 35 heavy (non-hydrogen) atoms. The number of fused-ring (bicyclic) bond motifs is 2. The quantitative estimate of drug-likeness (QED) is 0.282. The summed E-state index contributed by atoms with van der Waals surface area (Å²) in [4.78, 5) is 28.1. The van der Waals surface area contributed by atoms with Gasteiger partial charge in [0.25, 0.3) is 0 Å². The summed E-state index contributed by atoms with van der Waals surface area (Å²) in [5.41, 5.74) is 3.12. The molecule has 0 N–H and O–H groups in total. The van der Waals surface area contributed by atoms with Crippen LogP contribution in [-0.4, -0.2) is 0 Å². The Hall–Kier alpha value is -4.70. The summed E-state index contributed by atoms with van der Waals surface area (Å²) < 4.78 is 12.7. The molecule has 0 unspecified atom stereocenters. The second kappa shape index (κ2) is 8.26. The second-order valence-electron chi connectivity index (χ2n) is 8.50. The smallest absolute Gasteiger partial charge is 0.201 e. The lowest BCUT2D eigenvalue weighted by molar-refractivity contribution is 0.613. The molecule has 2 heterocycles. The topological polar surface area (TPSA) is 60.4 Å². The van der Waals surface area contributed by atoms with Crippen molar-refractivity contribution in [3.63, 3.8) is 0 Å². The van der Waals surface area contributed by atoms with Gasteiger partial charge in [0.1, 0.15) is 22.7 Å². The lowest BCUT2D eigenvalue weighted by Gasteiger charge is -2.14. The summed E-state index contributed by atoms with van der Waals surface area (Å²) in [7, 11) is 0. The first-order chi connectivity index (χ1) is 17.1. The van der Waals surface area contributed by atoms with Gasteiger partial charge < -0.3 is 8.83 Å². The fourth-order valence-corrected chi connectivity index (χ4v) is 4.49. The molecule has 4 nitrogen and oxygen atoms in total. The van der Waals surface area contributed by atoms with Crippen LogP contribution in [0.4, 0.5) is 0 Å². The maximum absolute atomic E-state index is 14.1. The van der Waals surface area contributed by atoms with E-state index in [1.807, 2.05) is 79.7 Å². The average Bonchev–Trinajstić information content (AvgIpc) is 2.90. The van der Waals surface area contributed by atoms with E-state index < -0.39 is 0 Å². The molecule has 0 aliphatic heterocycles. The predicted octanol–water partition coefficient (Wildman–Crippen LogP) is 7.21. The van der Waals surface area contributed by atoms with E-state index in [4.69, 9.17) is 8.83 Å². The minimum absolute atomic E-state index is 0.200. The number of rotatable bonds is 3. The van der Waals surface area contributed by atoms with Crippen LogP contribution < -0.4 is 10.9 Å². The molecule has 6 aromatic rings. The molecule has 4 heteroatoms. The average molecular weight is 456 g/mol. The largest absolute Gasteiger partial charge is 0.455 e. The zero-order valence-corrected chi connectivity index (χ0v) is 18.9. The summed E-state index contributed by atoms with van der Waals surface area (Å²) >= 11 is 0. The van der Waals surface area contributed by atoms with Crippen LogP contribution >= 0.6 is 0 Å². The zero-order chi connectivity index (χ0) is 23.9. The first kappa shape index (κ1) is 20.9. The molecule has 6 rings (SSSR count). The summed E-state index contributed by atoms with van der Waals surface area (Å²) in [6.07, 6.45) is 0. The Bertz CT molecular complexity index is 1830. The monoisotopic (exact) mass is 456 g/mol. The first-order valence-electron chi connectivity index (χ1n) is 11.4. The number of aryl methyl sites for hydroxylation is 1. The van der Waals surface area contributed by atoms with Crippen molar-refractivity contribution >= 4 is 21.9 Å². The molecule has 0 bridgehead atoms. The molecule has 4 aromatic carbocycles. The van der Waals surface area contributed by atoms with Gasteiger partial charge in [0.2, 0.25) is 10.9 Å². The maximum atomic E-state index is 14.1. The van der Waals surface area contributed by atoms with E-state index in [1.54, 1.807) is 30.3 Å². The number of benzene rings is 4. The van der Waals surface area contributed by atoms with E-state index in [0.717, 1.165) is 5.56 Å². The van der Waals surface area contributed by atoms with E-state index in [1.165, 1.54) is 0 Å². The Labute approximate surface area is 200 Å². The van der Waals surface area contributed by atoms with Gasteiger partial charge in [-0.1, -0.05) is 84.4 Å². The van der Waals surface area contributed by atoms with E-state index in [0.29, 0.717) is 44.6 Å². The molecule has 0 spiro atoms. The highest BCUT2D eigenvalue weighted by Gasteiger charge is 2.26. The van der Waals surface area contributed by atoms with E-state index >= 15 is 0 Å². The molecule has 168 valence electrons. The lowest BCUT2D eigenvalue weighted by Crippen LogP contribution is -2.16. The van der Waals surface area contributed by atoms with Crippen molar-refractivity contribution in [2.75, 3.05) is 0 Å². The highest BCUT2D eigenvalue weighted by Crippen LogP contribution is 2.37. The highest BCUT2D eigenvalue weighted by atomic mass is 16.3. The summed E-state index contributed by atoms with van der Waals surface area (Å²) in [6.45, 7) is 1.92. The molecule has 0 saturated heterocycles. The van der Waals surface area contributed by atoms with Crippen molar-refractivity contribution in [1.82, 2.24) is 0 Å². The van der Waals surface area contributed by atoms with Gasteiger partial charge in [0, 0.05) is 11.1 Å². The second-order valence-corrected chi connectivity index (χ2v) is 8.50. The molecule has 0 aliphatic carbocycles. The molecule has 0 radical (unpaired) electrons. The number of para-hydroxylation sites is 1. The zero-order valence-electron chi connectivity index (χ0n) is 18.9. The first-order valence-corrected chi connectivity index (χ1v) is 11.4. The van der Waals surface area contributed by atoms with Crippen molar-refractivity contribution in [2.45, 2.75) is 6.92 Å². The third-order valence-electron chi connectivity index (χ3n) is 6.17. The molecule has 0 saturated carbocycles. The molecular formula is C31H20O4. The Morgan fingerprint density at radius 3 is 1.60 bits per heavy atom. The van der Waals surface area contributed by atoms with Crippen LogP contribution in [0.1, 0.15) is 5.56 Å². The van der Waals surface area contributed by atoms with Gasteiger partial charge >= 0.3 is 0 Å². The van der Waals surface area contributed by atoms with Crippen LogP contribution in [-0.2, 0) is 0 Å². The third kappa shape index (κ3) is 3.47. The third-order valence-corrected chi connectivity index (χ3v) is 6.17. The summed E-state index contributed by atoms with van der Waals surface area (Å²) in [5.74, 6) is 0.678. The van der Waals surface area contributed by atoms with Gasteiger partial charge in [-0.3, -0.25) is 9.59 Å². The van der Waals surface area contributed by atoms with Gasteiger partial charge in [0.15, 0.2) is 0 Å². The fourth-order valence-electron chi connectivity index (χ4n) is 4.49. The van der Waals surface area contributed by atoms with Crippen molar-refractivity contribution in [3.05, 3.63) is 129 Å². The van der Waals surface area contributed by atoms with Gasteiger partial charge in [-0.25, -0.2) is 0 Å². The standard InChI is InChI=1S/C31H20O4/c1-19-16-17-25-23(18-19)29(33)27(31(35-25)21-12-6-3-7-13-21)26-28(32)22-14-8-9-15-24(22)34-30(26)20-10-4-2-5-11-20/h2-18H,1H3. The SMILES string of the molecule is Cc1ccc2oc(-c3ccccc3)c(-c3c(-c4ccccc4)oc4ccccc4c3=O)c(=O)c2c1. The van der Waals surface area contributed by atoms with Crippen molar-refractivity contribution in [2.24, 2.45) is 0 Å². The Morgan fingerprint density at radius 1 is 0.514 bits per heavy atom. The molecule has 0 atom stereocenters.